The molecule has 0 unspecified atom stereocenters. The van der Waals surface area contributed by atoms with Crippen LogP contribution in [0, 0.1) is 33.7 Å². The summed E-state index contributed by atoms with van der Waals surface area (Å²) in [5.74, 6) is 1.49. The van der Waals surface area contributed by atoms with Gasteiger partial charge in [0.2, 0.25) is 5.75 Å². The zero-order chi connectivity index (χ0) is 19.3. The van der Waals surface area contributed by atoms with Gasteiger partial charge in [-0.1, -0.05) is 30.3 Å². The highest BCUT2D eigenvalue weighted by atomic mass is 19.1. The number of hydrogen-bond donors (Lipinski definition) is 0. The van der Waals surface area contributed by atoms with Crippen LogP contribution in [-0.2, 0) is 12.0 Å². The van der Waals surface area contributed by atoms with Crippen molar-refractivity contribution in [3.05, 3.63) is 69.5 Å². The van der Waals surface area contributed by atoms with Gasteiger partial charge in [0.05, 0.1) is 4.92 Å². The third kappa shape index (κ3) is 2.97. The van der Waals surface area contributed by atoms with Crippen LogP contribution >= 0.6 is 0 Å². The van der Waals surface area contributed by atoms with Crippen molar-refractivity contribution in [3.63, 3.8) is 0 Å². The molecule has 4 aliphatic carbocycles. The highest BCUT2D eigenvalue weighted by Crippen LogP contribution is 2.62. The maximum Gasteiger partial charge on any atom is 0.314 e. The Morgan fingerprint density at radius 3 is 2.21 bits per heavy atom. The monoisotopic (exact) mass is 381 g/mol. The van der Waals surface area contributed by atoms with Gasteiger partial charge in [-0.3, -0.25) is 10.1 Å². The molecule has 4 aliphatic rings. The van der Waals surface area contributed by atoms with Crippen LogP contribution in [0.3, 0.4) is 0 Å². The summed E-state index contributed by atoms with van der Waals surface area (Å²) in [6.45, 7) is 0.186. The van der Waals surface area contributed by atoms with Gasteiger partial charge in [0, 0.05) is 17.0 Å². The Morgan fingerprint density at radius 1 is 1.04 bits per heavy atom. The second-order valence-corrected chi connectivity index (χ2v) is 9.03. The summed E-state index contributed by atoms with van der Waals surface area (Å²) in [5, 5.41) is 12.1. The summed E-state index contributed by atoms with van der Waals surface area (Å²) < 4.78 is 20.4. The minimum atomic E-state index is -0.445. The average Bonchev–Trinajstić information content (AvgIpc) is 2.65. The molecular formula is C23H24FNO3. The number of nitrogens with zero attached hydrogens (tertiary/aromatic N) is 1. The fraction of sp³-hybridized carbons (Fsp3) is 0.478. The number of ether oxygens (including phenoxy) is 1. The molecule has 2 aromatic rings. The Labute approximate surface area is 163 Å². The van der Waals surface area contributed by atoms with Crippen molar-refractivity contribution < 1.29 is 14.1 Å². The van der Waals surface area contributed by atoms with Gasteiger partial charge in [0.25, 0.3) is 0 Å². The predicted octanol–water partition coefficient (Wildman–Crippen LogP) is 5.78. The van der Waals surface area contributed by atoms with E-state index in [2.05, 4.69) is 0 Å². The van der Waals surface area contributed by atoms with E-state index in [1.807, 2.05) is 30.3 Å². The lowest BCUT2D eigenvalue weighted by Crippen LogP contribution is -2.48. The first-order valence-corrected chi connectivity index (χ1v) is 10.2. The van der Waals surface area contributed by atoms with Crippen molar-refractivity contribution in [1.82, 2.24) is 0 Å². The van der Waals surface area contributed by atoms with Crippen LogP contribution in [0.15, 0.2) is 42.5 Å². The van der Waals surface area contributed by atoms with Crippen LogP contribution in [0.1, 0.15) is 49.7 Å². The fourth-order valence-corrected chi connectivity index (χ4v) is 6.45. The van der Waals surface area contributed by atoms with E-state index in [1.165, 1.54) is 31.4 Å². The first kappa shape index (κ1) is 17.7. The molecule has 4 saturated carbocycles. The summed E-state index contributed by atoms with van der Waals surface area (Å²) in [7, 11) is 0. The highest BCUT2D eigenvalue weighted by Gasteiger charge is 2.54. The number of benzene rings is 2. The molecule has 0 aromatic heterocycles. The predicted molar refractivity (Wildman–Crippen MR) is 104 cm³/mol. The third-order valence-corrected chi connectivity index (χ3v) is 7.07. The molecule has 4 nitrogen and oxygen atoms in total. The van der Waals surface area contributed by atoms with Gasteiger partial charge in [-0.15, -0.1) is 0 Å². The van der Waals surface area contributed by atoms with E-state index >= 15 is 0 Å². The standard InChI is InChI=1S/C23H24FNO3/c24-19-9-20(23-11-16-6-17(12-23)8-18(7-16)13-23)22(25(26)27)21(10-19)28-14-15-4-2-1-3-5-15/h1-5,9-10,16-18H,6-8,11-14H2. The van der Waals surface area contributed by atoms with Crippen molar-refractivity contribution in [2.45, 2.75) is 50.5 Å². The molecule has 0 saturated heterocycles. The van der Waals surface area contributed by atoms with E-state index in [9.17, 15) is 14.5 Å². The highest BCUT2D eigenvalue weighted by molar-refractivity contribution is 5.57. The maximum absolute atomic E-state index is 14.6. The van der Waals surface area contributed by atoms with Gasteiger partial charge in [-0.05, 0) is 67.9 Å². The molecule has 146 valence electrons. The maximum atomic E-state index is 14.6. The van der Waals surface area contributed by atoms with Crippen molar-refractivity contribution in [3.8, 4) is 5.75 Å². The number of nitro benzene ring substituents is 1. The van der Waals surface area contributed by atoms with Crippen LogP contribution < -0.4 is 4.74 Å². The first-order chi connectivity index (χ1) is 13.5. The van der Waals surface area contributed by atoms with Crippen molar-refractivity contribution in [2.75, 3.05) is 0 Å². The lowest BCUT2D eigenvalue weighted by atomic mass is 9.48. The normalized spacial score (nSPS) is 30.4. The van der Waals surface area contributed by atoms with Gasteiger partial charge < -0.3 is 4.74 Å². The van der Waals surface area contributed by atoms with Crippen molar-refractivity contribution >= 4 is 5.69 Å². The SMILES string of the molecule is O=[N+]([O-])c1c(OCc2ccccc2)cc(F)cc1C12CC3CC(CC(C3)C1)C2. The summed E-state index contributed by atoms with van der Waals surface area (Å²) in [5.41, 5.74) is 1.18. The summed E-state index contributed by atoms with van der Waals surface area (Å²) >= 11 is 0. The smallest absolute Gasteiger partial charge is 0.314 e. The topological polar surface area (TPSA) is 52.4 Å². The summed E-state index contributed by atoms with van der Waals surface area (Å²) in [4.78, 5) is 11.7. The number of halogens is 1. The van der Waals surface area contributed by atoms with Crippen LogP contribution in [-0.4, -0.2) is 4.92 Å². The van der Waals surface area contributed by atoms with E-state index < -0.39 is 5.82 Å². The van der Waals surface area contributed by atoms with Crippen molar-refractivity contribution in [2.24, 2.45) is 17.8 Å². The molecule has 28 heavy (non-hydrogen) atoms. The molecule has 0 radical (unpaired) electrons. The molecule has 4 bridgehead atoms. The molecule has 0 amide bonds. The average molecular weight is 381 g/mol. The lowest BCUT2D eigenvalue weighted by molar-refractivity contribution is -0.387. The van der Waals surface area contributed by atoms with E-state index in [4.69, 9.17) is 4.74 Å². The van der Waals surface area contributed by atoms with E-state index in [-0.39, 0.29) is 28.4 Å². The van der Waals surface area contributed by atoms with Gasteiger partial charge in [-0.2, -0.15) is 0 Å². The Balaban J connectivity index is 1.55. The molecule has 0 spiro atoms. The molecule has 0 heterocycles. The van der Waals surface area contributed by atoms with E-state index in [1.54, 1.807) is 0 Å². The van der Waals surface area contributed by atoms with Gasteiger partial charge >= 0.3 is 5.69 Å². The van der Waals surface area contributed by atoms with Gasteiger partial charge in [-0.25, -0.2) is 4.39 Å². The van der Waals surface area contributed by atoms with Crippen LogP contribution in [0.2, 0.25) is 0 Å². The third-order valence-electron chi connectivity index (χ3n) is 7.07. The lowest BCUT2D eigenvalue weighted by Gasteiger charge is -2.56. The number of hydrogen-bond acceptors (Lipinski definition) is 3. The van der Waals surface area contributed by atoms with Crippen LogP contribution in [0.4, 0.5) is 10.1 Å². The number of nitro groups is 1. The fourth-order valence-electron chi connectivity index (χ4n) is 6.45. The van der Waals surface area contributed by atoms with E-state index in [0.717, 1.165) is 24.8 Å². The molecule has 6 rings (SSSR count). The largest absolute Gasteiger partial charge is 0.482 e. The van der Waals surface area contributed by atoms with Crippen LogP contribution in [0.5, 0.6) is 5.75 Å². The van der Waals surface area contributed by atoms with Gasteiger partial charge in [0.1, 0.15) is 12.4 Å². The molecule has 0 aliphatic heterocycles. The molecule has 4 fully saturated rings. The second kappa shape index (κ2) is 6.57. The molecule has 0 atom stereocenters. The van der Waals surface area contributed by atoms with Crippen LogP contribution in [0.25, 0.3) is 0 Å². The molecule has 5 heteroatoms. The Morgan fingerprint density at radius 2 is 1.64 bits per heavy atom. The minimum absolute atomic E-state index is 0.0284. The molecule has 0 N–H and O–H groups in total. The first-order valence-electron chi connectivity index (χ1n) is 10.2. The number of rotatable bonds is 5. The van der Waals surface area contributed by atoms with Gasteiger partial charge in [0.15, 0.2) is 0 Å². The summed E-state index contributed by atoms with van der Waals surface area (Å²) in [6.07, 6.45) is 6.55. The molecular weight excluding hydrogens is 357 g/mol. The Bertz CT molecular complexity index is 876. The Hall–Kier alpha value is -2.43. The zero-order valence-electron chi connectivity index (χ0n) is 15.8. The zero-order valence-corrected chi connectivity index (χ0v) is 15.8. The second-order valence-electron chi connectivity index (χ2n) is 9.03. The summed E-state index contributed by atoms with van der Waals surface area (Å²) in [6, 6.07) is 12.1. The Kier molecular flexibility index (Phi) is 4.14. The van der Waals surface area contributed by atoms with Crippen molar-refractivity contribution in [1.29, 1.82) is 0 Å². The van der Waals surface area contributed by atoms with E-state index in [0.29, 0.717) is 23.3 Å². The molecule has 2 aromatic carbocycles. The minimum Gasteiger partial charge on any atom is -0.482 e. The quantitative estimate of drug-likeness (QED) is 0.487.